The number of anilines is 1. The lowest BCUT2D eigenvalue weighted by molar-refractivity contribution is 0.478. The molecule has 0 saturated carbocycles. The predicted molar refractivity (Wildman–Crippen MR) is 63.4 cm³/mol. The highest BCUT2D eigenvalue weighted by molar-refractivity contribution is 9.10. The summed E-state index contributed by atoms with van der Waals surface area (Å²) in [5, 5.41) is 4.52. The van der Waals surface area contributed by atoms with Gasteiger partial charge in [0.2, 0.25) is 0 Å². The van der Waals surface area contributed by atoms with Crippen molar-refractivity contribution in [2.45, 2.75) is 46.1 Å². The third-order valence-corrected chi connectivity index (χ3v) is 3.28. The van der Waals surface area contributed by atoms with E-state index < -0.39 is 0 Å². The summed E-state index contributed by atoms with van der Waals surface area (Å²) in [6.45, 7) is 8.50. The van der Waals surface area contributed by atoms with E-state index in [2.05, 4.69) is 48.7 Å². The van der Waals surface area contributed by atoms with Gasteiger partial charge in [-0.1, -0.05) is 20.8 Å². The van der Waals surface area contributed by atoms with E-state index in [9.17, 15) is 0 Å². The minimum Gasteiger partial charge on any atom is -0.383 e. The SMILES string of the molecule is CCC(C)n1nc(C(C)C)c(Br)c1N. The van der Waals surface area contributed by atoms with Gasteiger partial charge in [-0.15, -0.1) is 0 Å². The van der Waals surface area contributed by atoms with E-state index in [1.165, 1.54) is 0 Å². The van der Waals surface area contributed by atoms with Gasteiger partial charge in [0.25, 0.3) is 0 Å². The molecule has 3 nitrogen and oxygen atoms in total. The van der Waals surface area contributed by atoms with Crippen LogP contribution in [0.15, 0.2) is 4.47 Å². The Morgan fingerprint density at radius 3 is 2.36 bits per heavy atom. The Balaban J connectivity index is 3.15. The predicted octanol–water partition coefficient (Wildman–Crippen LogP) is 3.32. The molecule has 80 valence electrons. The quantitative estimate of drug-likeness (QED) is 0.905. The zero-order chi connectivity index (χ0) is 10.9. The van der Waals surface area contributed by atoms with Gasteiger partial charge in [0.15, 0.2) is 0 Å². The molecule has 1 rings (SSSR count). The van der Waals surface area contributed by atoms with Crippen LogP contribution >= 0.6 is 15.9 Å². The van der Waals surface area contributed by atoms with Crippen LogP contribution in [0.3, 0.4) is 0 Å². The van der Waals surface area contributed by atoms with Crippen LogP contribution in [0, 0.1) is 0 Å². The molecule has 0 aromatic carbocycles. The zero-order valence-corrected chi connectivity index (χ0v) is 10.8. The molecule has 1 heterocycles. The van der Waals surface area contributed by atoms with Gasteiger partial charge in [-0.25, -0.2) is 4.68 Å². The van der Waals surface area contributed by atoms with E-state index in [1.807, 2.05) is 4.68 Å². The molecule has 4 heteroatoms. The molecular formula is C10H18BrN3. The van der Waals surface area contributed by atoms with Crippen molar-refractivity contribution in [1.29, 1.82) is 0 Å². The van der Waals surface area contributed by atoms with Crippen LogP contribution in [-0.4, -0.2) is 9.78 Å². The summed E-state index contributed by atoms with van der Waals surface area (Å²) in [5.41, 5.74) is 7.02. The summed E-state index contributed by atoms with van der Waals surface area (Å²) >= 11 is 3.49. The molecule has 1 aromatic heterocycles. The zero-order valence-electron chi connectivity index (χ0n) is 9.21. The van der Waals surface area contributed by atoms with Crippen LogP contribution in [-0.2, 0) is 0 Å². The maximum atomic E-state index is 5.97. The standard InChI is InChI=1S/C10H18BrN3/c1-5-7(4)14-10(12)8(11)9(13-14)6(2)3/h6-7H,5,12H2,1-4H3. The number of nitrogen functional groups attached to an aromatic ring is 1. The van der Waals surface area contributed by atoms with Crippen molar-refractivity contribution in [2.24, 2.45) is 0 Å². The molecule has 0 bridgehead atoms. The molecular weight excluding hydrogens is 242 g/mol. The molecule has 0 aliphatic rings. The van der Waals surface area contributed by atoms with Crippen molar-refractivity contribution < 1.29 is 0 Å². The topological polar surface area (TPSA) is 43.8 Å². The van der Waals surface area contributed by atoms with E-state index in [1.54, 1.807) is 0 Å². The first-order valence-corrected chi connectivity index (χ1v) is 5.81. The molecule has 0 radical (unpaired) electrons. The van der Waals surface area contributed by atoms with Crippen molar-refractivity contribution >= 4 is 21.7 Å². The maximum absolute atomic E-state index is 5.97. The molecule has 0 fully saturated rings. The first-order chi connectivity index (χ1) is 6.49. The van der Waals surface area contributed by atoms with Gasteiger partial charge in [0.1, 0.15) is 5.82 Å². The van der Waals surface area contributed by atoms with Crippen molar-refractivity contribution in [3.05, 3.63) is 10.2 Å². The Morgan fingerprint density at radius 1 is 1.43 bits per heavy atom. The summed E-state index contributed by atoms with van der Waals surface area (Å²) in [4.78, 5) is 0. The van der Waals surface area contributed by atoms with E-state index in [-0.39, 0.29) is 0 Å². The van der Waals surface area contributed by atoms with Crippen molar-refractivity contribution in [3.8, 4) is 0 Å². The van der Waals surface area contributed by atoms with Gasteiger partial charge >= 0.3 is 0 Å². The minimum atomic E-state index is 0.360. The molecule has 0 saturated heterocycles. The summed E-state index contributed by atoms with van der Waals surface area (Å²) in [5.74, 6) is 1.14. The number of hydrogen-bond acceptors (Lipinski definition) is 2. The summed E-state index contributed by atoms with van der Waals surface area (Å²) < 4.78 is 2.85. The normalized spacial score (nSPS) is 13.6. The Kier molecular flexibility index (Phi) is 3.59. The lowest BCUT2D eigenvalue weighted by atomic mass is 10.1. The third kappa shape index (κ3) is 1.95. The molecule has 1 aromatic rings. The van der Waals surface area contributed by atoms with Gasteiger partial charge in [0.05, 0.1) is 16.2 Å². The maximum Gasteiger partial charge on any atom is 0.136 e. The first kappa shape index (κ1) is 11.6. The first-order valence-electron chi connectivity index (χ1n) is 5.02. The van der Waals surface area contributed by atoms with Crippen LogP contribution < -0.4 is 5.73 Å². The molecule has 1 unspecified atom stereocenters. The molecule has 0 aliphatic carbocycles. The van der Waals surface area contributed by atoms with Gasteiger partial charge in [-0.3, -0.25) is 0 Å². The average molecular weight is 260 g/mol. The van der Waals surface area contributed by atoms with Crippen LogP contribution in [0.4, 0.5) is 5.82 Å². The monoisotopic (exact) mass is 259 g/mol. The molecule has 0 aliphatic heterocycles. The smallest absolute Gasteiger partial charge is 0.136 e. The van der Waals surface area contributed by atoms with Crippen LogP contribution in [0.25, 0.3) is 0 Å². The Labute approximate surface area is 93.8 Å². The molecule has 0 amide bonds. The second-order valence-corrected chi connectivity index (χ2v) is 4.73. The number of nitrogens with two attached hydrogens (primary N) is 1. The number of nitrogens with zero attached hydrogens (tertiary/aromatic N) is 2. The number of aromatic nitrogens is 2. The highest BCUT2D eigenvalue weighted by atomic mass is 79.9. The number of rotatable bonds is 3. The molecule has 1 atom stereocenters. The highest BCUT2D eigenvalue weighted by Crippen LogP contribution is 2.31. The summed E-state index contributed by atoms with van der Waals surface area (Å²) in [7, 11) is 0. The van der Waals surface area contributed by atoms with Crippen LogP contribution in [0.1, 0.15) is 51.8 Å². The van der Waals surface area contributed by atoms with Gasteiger partial charge in [-0.05, 0) is 35.2 Å². The van der Waals surface area contributed by atoms with Gasteiger partial charge < -0.3 is 5.73 Å². The fourth-order valence-corrected chi connectivity index (χ4v) is 2.04. The van der Waals surface area contributed by atoms with Gasteiger partial charge in [-0.2, -0.15) is 5.10 Å². The van der Waals surface area contributed by atoms with E-state index in [4.69, 9.17) is 5.73 Å². The fourth-order valence-electron chi connectivity index (χ4n) is 1.32. The van der Waals surface area contributed by atoms with Gasteiger partial charge in [0, 0.05) is 0 Å². The average Bonchev–Trinajstić information content (AvgIpc) is 2.43. The molecule has 14 heavy (non-hydrogen) atoms. The van der Waals surface area contributed by atoms with E-state index in [0.717, 1.165) is 22.4 Å². The van der Waals surface area contributed by atoms with Crippen LogP contribution in [0.5, 0.6) is 0 Å². The van der Waals surface area contributed by atoms with Crippen molar-refractivity contribution in [2.75, 3.05) is 5.73 Å². The third-order valence-electron chi connectivity index (χ3n) is 2.47. The highest BCUT2D eigenvalue weighted by Gasteiger charge is 2.17. The summed E-state index contributed by atoms with van der Waals surface area (Å²) in [6.07, 6.45) is 1.04. The second kappa shape index (κ2) is 4.34. The Hall–Kier alpha value is -0.510. The van der Waals surface area contributed by atoms with E-state index in [0.29, 0.717) is 12.0 Å². The number of hydrogen-bond donors (Lipinski definition) is 1. The molecule has 0 spiro atoms. The fraction of sp³-hybridized carbons (Fsp3) is 0.700. The Morgan fingerprint density at radius 2 is 2.00 bits per heavy atom. The largest absolute Gasteiger partial charge is 0.383 e. The second-order valence-electron chi connectivity index (χ2n) is 3.94. The van der Waals surface area contributed by atoms with Crippen LogP contribution in [0.2, 0.25) is 0 Å². The minimum absolute atomic E-state index is 0.360. The molecule has 2 N–H and O–H groups in total. The lowest BCUT2D eigenvalue weighted by Gasteiger charge is -2.10. The lowest BCUT2D eigenvalue weighted by Crippen LogP contribution is -2.09. The number of halogens is 1. The summed E-state index contributed by atoms with van der Waals surface area (Å²) in [6, 6.07) is 0.360. The Bertz CT molecular complexity index is 317. The van der Waals surface area contributed by atoms with Crippen molar-refractivity contribution in [1.82, 2.24) is 9.78 Å². The van der Waals surface area contributed by atoms with Crippen molar-refractivity contribution in [3.63, 3.8) is 0 Å². The van der Waals surface area contributed by atoms with E-state index >= 15 is 0 Å².